The van der Waals surface area contributed by atoms with E-state index < -0.39 is 0 Å². The standard InChI is InChI=1S/C14H31NO3/c1-5-13(3)14(15-6-2)12-18-9-7-8-17-11-10-16-4/h13-15H,5-12H2,1-4H3. The topological polar surface area (TPSA) is 39.7 Å². The molecule has 0 aliphatic rings. The molecule has 2 unspecified atom stereocenters. The van der Waals surface area contributed by atoms with E-state index in [1.54, 1.807) is 7.11 Å². The van der Waals surface area contributed by atoms with Gasteiger partial charge in [0, 0.05) is 26.4 Å². The largest absolute Gasteiger partial charge is 0.382 e. The van der Waals surface area contributed by atoms with Gasteiger partial charge < -0.3 is 19.5 Å². The van der Waals surface area contributed by atoms with Gasteiger partial charge in [0.15, 0.2) is 0 Å². The number of rotatable bonds is 13. The van der Waals surface area contributed by atoms with Gasteiger partial charge in [-0.3, -0.25) is 0 Å². The molecular weight excluding hydrogens is 230 g/mol. The number of ether oxygens (including phenoxy) is 3. The summed E-state index contributed by atoms with van der Waals surface area (Å²) in [7, 11) is 1.68. The van der Waals surface area contributed by atoms with E-state index in [-0.39, 0.29) is 0 Å². The Kier molecular flexibility index (Phi) is 13.2. The molecule has 0 amide bonds. The number of likely N-dealkylation sites (N-methyl/N-ethyl adjacent to an activating group) is 1. The van der Waals surface area contributed by atoms with Crippen molar-refractivity contribution in [3.63, 3.8) is 0 Å². The van der Waals surface area contributed by atoms with Gasteiger partial charge in [0.05, 0.1) is 19.8 Å². The summed E-state index contributed by atoms with van der Waals surface area (Å²) in [5.74, 6) is 0.655. The third-order valence-corrected chi connectivity index (χ3v) is 3.10. The monoisotopic (exact) mass is 261 g/mol. The van der Waals surface area contributed by atoms with Crippen molar-refractivity contribution in [2.24, 2.45) is 5.92 Å². The average molecular weight is 261 g/mol. The lowest BCUT2D eigenvalue weighted by Crippen LogP contribution is -2.38. The predicted molar refractivity (Wildman–Crippen MR) is 75.1 cm³/mol. The number of hydrogen-bond donors (Lipinski definition) is 1. The Bertz CT molecular complexity index is 167. The zero-order valence-corrected chi connectivity index (χ0v) is 12.5. The summed E-state index contributed by atoms with van der Waals surface area (Å²) < 4.78 is 16.0. The summed E-state index contributed by atoms with van der Waals surface area (Å²) in [6.07, 6.45) is 2.13. The number of nitrogens with one attached hydrogen (secondary N) is 1. The van der Waals surface area contributed by atoms with Gasteiger partial charge in [-0.25, -0.2) is 0 Å². The van der Waals surface area contributed by atoms with Crippen LogP contribution in [0.3, 0.4) is 0 Å². The third kappa shape index (κ3) is 9.83. The van der Waals surface area contributed by atoms with Crippen LogP contribution in [0.1, 0.15) is 33.6 Å². The maximum absolute atomic E-state index is 5.70. The van der Waals surface area contributed by atoms with Gasteiger partial charge in [-0.15, -0.1) is 0 Å². The minimum absolute atomic E-state index is 0.467. The Morgan fingerprint density at radius 2 is 1.72 bits per heavy atom. The fourth-order valence-electron chi connectivity index (χ4n) is 1.69. The molecule has 0 saturated carbocycles. The lowest BCUT2D eigenvalue weighted by atomic mass is 10.00. The molecule has 4 nitrogen and oxygen atoms in total. The summed E-state index contributed by atoms with van der Waals surface area (Å²) in [6.45, 7) is 11.3. The second kappa shape index (κ2) is 13.3. The molecule has 0 fully saturated rings. The van der Waals surface area contributed by atoms with E-state index in [2.05, 4.69) is 26.1 Å². The van der Waals surface area contributed by atoms with Crippen molar-refractivity contribution in [3.05, 3.63) is 0 Å². The first-order valence-electron chi connectivity index (χ1n) is 7.14. The van der Waals surface area contributed by atoms with Crippen LogP contribution in [0.2, 0.25) is 0 Å². The van der Waals surface area contributed by atoms with Crippen LogP contribution in [0.25, 0.3) is 0 Å². The lowest BCUT2D eigenvalue weighted by molar-refractivity contribution is 0.0440. The van der Waals surface area contributed by atoms with E-state index >= 15 is 0 Å². The van der Waals surface area contributed by atoms with Crippen LogP contribution < -0.4 is 5.32 Å². The normalized spacial score (nSPS) is 14.7. The van der Waals surface area contributed by atoms with Crippen LogP contribution in [-0.4, -0.2) is 52.7 Å². The molecule has 0 aromatic carbocycles. The van der Waals surface area contributed by atoms with Crippen LogP contribution in [0.15, 0.2) is 0 Å². The average Bonchev–Trinajstić information content (AvgIpc) is 2.39. The van der Waals surface area contributed by atoms with E-state index in [4.69, 9.17) is 14.2 Å². The van der Waals surface area contributed by atoms with Gasteiger partial charge in [-0.2, -0.15) is 0 Å². The van der Waals surface area contributed by atoms with Gasteiger partial charge in [-0.05, 0) is 18.9 Å². The molecule has 0 saturated heterocycles. The Balaban J connectivity index is 3.43. The first kappa shape index (κ1) is 17.8. The highest BCUT2D eigenvalue weighted by Crippen LogP contribution is 2.08. The number of methoxy groups -OCH3 is 1. The van der Waals surface area contributed by atoms with Crippen molar-refractivity contribution in [2.45, 2.75) is 39.7 Å². The minimum Gasteiger partial charge on any atom is -0.382 e. The fourth-order valence-corrected chi connectivity index (χ4v) is 1.69. The first-order valence-corrected chi connectivity index (χ1v) is 7.14. The van der Waals surface area contributed by atoms with Crippen LogP contribution in [0, 0.1) is 5.92 Å². The molecule has 0 aliphatic heterocycles. The quantitative estimate of drug-likeness (QED) is 0.515. The molecule has 0 aromatic heterocycles. The zero-order valence-electron chi connectivity index (χ0n) is 12.5. The van der Waals surface area contributed by atoms with Crippen LogP contribution in [0.4, 0.5) is 0 Å². The molecule has 0 heterocycles. The van der Waals surface area contributed by atoms with Crippen molar-refractivity contribution in [2.75, 3.05) is 46.7 Å². The van der Waals surface area contributed by atoms with Crippen LogP contribution in [-0.2, 0) is 14.2 Å². The van der Waals surface area contributed by atoms with E-state index in [0.717, 1.165) is 32.8 Å². The Morgan fingerprint density at radius 3 is 2.33 bits per heavy atom. The molecule has 18 heavy (non-hydrogen) atoms. The zero-order chi connectivity index (χ0) is 13.6. The van der Waals surface area contributed by atoms with Gasteiger partial charge in [0.25, 0.3) is 0 Å². The smallest absolute Gasteiger partial charge is 0.0700 e. The van der Waals surface area contributed by atoms with Crippen LogP contribution in [0.5, 0.6) is 0 Å². The van der Waals surface area contributed by atoms with Crippen molar-refractivity contribution in [1.82, 2.24) is 5.32 Å². The first-order chi connectivity index (χ1) is 8.76. The van der Waals surface area contributed by atoms with E-state index in [1.165, 1.54) is 6.42 Å². The van der Waals surface area contributed by atoms with E-state index in [9.17, 15) is 0 Å². The summed E-state index contributed by atoms with van der Waals surface area (Å²) in [5, 5.41) is 3.48. The second-order valence-corrected chi connectivity index (χ2v) is 4.58. The molecule has 0 rings (SSSR count). The molecule has 0 radical (unpaired) electrons. The highest BCUT2D eigenvalue weighted by Gasteiger charge is 2.14. The molecule has 0 spiro atoms. The van der Waals surface area contributed by atoms with E-state index in [0.29, 0.717) is 25.2 Å². The predicted octanol–water partition coefficient (Wildman–Crippen LogP) is 2.08. The maximum atomic E-state index is 5.70. The van der Waals surface area contributed by atoms with Crippen molar-refractivity contribution in [1.29, 1.82) is 0 Å². The number of hydrogen-bond acceptors (Lipinski definition) is 4. The van der Waals surface area contributed by atoms with Gasteiger partial charge in [-0.1, -0.05) is 27.2 Å². The molecule has 1 N–H and O–H groups in total. The maximum Gasteiger partial charge on any atom is 0.0700 e. The van der Waals surface area contributed by atoms with Crippen LogP contribution >= 0.6 is 0 Å². The highest BCUT2D eigenvalue weighted by molar-refractivity contribution is 4.71. The molecule has 0 bridgehead atoms. The van der Waals surface area contributed by atoms with E-state index in [1.807, 2.05) is 0 Å². The van der Waals surface area contributed by atoms with Gasteiger partial charge in [0.2, 0.25) is 0 Å². The minimum atomic E-state index is 0.467. The Hall–Kier alpha value is -0.160. The molecular formula is C14H31NO3. The molecule has 0 aliphatic carbocycles. The van der Waals surface area contributed by atoms with Gasteiger partial charge >= 0.3 is 0 Å². The summed E-state index contributed by atoms with van der Waals surface area (Å²) >= 11 is 0. The molecule has 4 heteroatoms. The molecule has 110 valence electrons. The van der Waals surface area contributed by atoms with Crippen molar-refractivity contribution in [3.8, 4) is 0 Å². The van der Waals surface area contributed by atoms with Crippen molar-refractivity contribution >= 4 is 0 Å². The Labute approximate surface area is 112 Å². The SMILES string of the molecule is CCNC(COCCCOCCOC)C(C)CC. The van der Waals surface area contributed by atoms with Gasteiger partial charge in [0.1, 0.15) is 0 Å². The third-order valence-electron chi connectivity index (χ3n) is 3.10. The summed E-state index contributed by atoms with van der Waals surface area (Å²) in [6, 6.07) is 0.467. The Morgan fingerprint density at radius 1 is 1.00 bits per heavy atom. The highest BCUT2D eigenvalue weighted by atomic mass is 16.5. The summed E-state index contributed by atoms with van der Waals surface area (Å²) in [5.41, 5.74) is 0. The molecule has 2 atom stereocenters. The molecule has 0 aromatic rings. The lowest BCUT2D eigenvalue weighted by Gasteiger charge is -2.23. The second-order valence-electron chi connectivity index (χ2n) is 4.58. The fraction of sp³-hybridized carbons (Fsp3) is 1.00. The summed E-state index contributed by atoms with van der Waals surface area (Å²) in [4.78, 5) is 0. The van der Waals surface area contributed by atoms with Crippen molar-refractivity contribution < 1.29 is 14.2 Å².